The molecule has 4 fully saturated rings. The Morgan fingerprint density at radius 1 is 1.08 bits per heavy atom. The maximum Gasteiger partial charge on any atom is 0.240 e. The highest BCUT2D eigenvalue weighted by Crippen LogP contribution is 2.36. The Labute approximate surface area is 154 Å². The molecule has 1 aromatic heterocycles. The number of benzene rings is 1. The van der Waals surface area contributed by atoms with E-state index in [2.05, 4.69) is 15.8 Å². The van der Waals surface area contributed by atoms with Gasteiger partial charge in [-0.15, -0.1) is 5.10 Å². The molecule has 6 rings (SSSR count). The lowest BCUT2D eigenvalue weighted by Gasteiger charge is -2.44. The number of phenols is 1. The van der Waals surface area contributed by atoms with Crippen molar-refractivity contribution >= 4 is 0 Å². The van der Waals surface area contributed by atoms with Crippen molar-refractivity contribution in [1.29, 1.82) is 0 Å². The van der Waals surface area contributed by atoms with Crippen molar-refractivity contribution in [2.45, 2.75) is 32.2 Å². The van der Waals surface area contributed by atoms with Crippen molar-refractivity contribution in [3.05, 3.63) is 30.5 Å². The molecule has 3 saturated heterocycles. The van der Waals surface area contributed by atoms with Gasteiger partial charge in [0.25, 0.3) is 0 Å². The minimum atomic E-state index is 0.286. The summed E-state index contributed by atoms with van der Waals surface area (Å²) < 4.78 is 8.17. The standard InChI is InChI=1S/C21H27N3O2/c25-19-5-3-17(4-6-19)20-13-24(22-21(20)26-14-15-1-2-15)12-18-11-23-9-7-16(18)8-10-23/h3-6,13,15-16,18,25H,1-2,7-12,14H2. The second-order valence-corrected chi connectivity index (χ2v) is 8.27. The zero-order chi connectivity index (χ0) is 17.5. The summed E-state index contributed by atoms with van der Waals surface area (Å²) in [7, 11) is 0. The van der Waals surface area contributed by atoms with Gasteiger partial charge in [0.15, 0.2) is 0 Å². The fourth-order valence-corrected chi connectivity index (χ4v) is 4.46. The van der Waals surface area contributed by atoms with Gasteiger partial charge in [0.1, 0.15) is 5.75 Å². The lowest BCUT2D eigenvalue weighted by molar-refractivity contribution is 0.0403. The third-order valence-electron chi connectivity index (χ3n) is 6.27. The van der Waals surface area contributed by atoms with E-state index in [-0.39, 0.29) is 5.75 Å². The van der Waals surface area contributed by atoms with Crippen LogP contribution in [0.15, 0.2) is 30.5 Å². The summed E-state index contributed by atoms with van der Waals surface area (Å²) in [5, 5.41) is 14.4. The molecule has 5 nitrogen and oxygen atoms in total. The molecule has 26 heavy (non-hydrogen) atoms. The van der Waals surface area contributed by atoms with E-state index in [1.807, 2.05) is 12.1 Å². The molecule has 0 spiro atoms. The number of nitrogens with zero attached hydrogens (tertiary/aromatic N) is 3. The smallest absolute Gasteiger partial charge is 0.240 e. The molecule has 4 aliphatic rings. The topological polar surface area (TPSA) is 50.5 Å². The van der Waals surface area contributed by atoms with Crippen molar-refractivity contribution in [2.75, 3.05) is 26.2 Å². The minimum Gasteiger partial charge on any atom is -0.508 e. The van der Waals surface area contributed by atoms with Gasteiger partial charge in [0.2, 0.25) is 5.88 Å². The average Bonchev–Trinajstić information content (AvgIpc) is 3.42. The number of hydrogen-bond acceptors (Lipinski definition) is 4. The second-order valence-electron chi connectivity index (χ2n) is 8.27. The normalized spacial score (nSPS) is 27.6. The van der Waals surface area contributed by atoms with Crippen molar-refractivity contribution < 1.29 is 9.84 Å². The monoisotopic (exact) mass is 353 g/mol. The van der Waals surface area contributed by atoms with Crippen LogP contribution in [0, 0.1) is 17.8 Å². The Morgan fingerprint density at radius 3 is 2.50 bits per heavy atom. The van der Waals surface area contributed by atoms with E-state index in [0.717, 1.165) is 36.1 Å². The number of ether oxygens (including phenoxy) is 1. The Bertz CT molecular complexity index is 758. The molecule has 5 heteroatoms. The SMILES string of the molecule is Oc1ccc(-c2cn(CC3CN4CCC3CC4)nc2OCC2CC2)cc1. The van der Waals surface area contributed by atoms with Gasteiger partial charge in [-0.25, -0.2) is 0 Å². The van der Waals surface area contributed by atoms with Crippen LogP contribution >= 0.6 is 0 Å². The number of aromatic nitrogens is 2. The van der Waals surface area contributed by atoms with E-state index in [1.165, 1.54) is 45.3 Å². The lowest BCUT2D eigenvalue weighted by Crippen LogP contribution is -2.48. The highest BCUT2D eigenvalue weighted by Gasteiger charge is 2.34. The summed E-state index contributed by atoms with van der Waals surface area (Å²) in [5.41, 5.74) is 2.08. The first-order chi connectivity index (χ1) is 12.7. The summed E-state index contributed by atoms with van der Waals surface area (Å²) in [5.74, 6) is 3.27. The first-order valence-corrected chi connectivity index (χ1v) is 9.96. The zero-order valence-electron chi connectivity index (χ0n) is 15.2. The number of fused-ring (bicyclic) bond motifs is 3. The molecule has 1 atom stereocenters. The lowest BCUT2D eigenvalue weighted by atomic mass is 9.79. The van der Waals surface area contributed by atoms with Crippen LogP contribution in [-0.4, -0.2) is 46.0 Å². The Kier molecular flexibility index (Phi) is 4.12. The van der Waals surface area contributed by atoms with Crippen LogP contribution in [0.25, 0.3) is 11.1 Å². The van der Waals surface area contributed by atoms with E-state index in [0.29, 0.717) is 11.8 Å². The summed E-state index contributed by atoms with van der Waals surface area (Å²) in [6.45, 7) is 5.49. The third-order valence-corrected chi connectivity index (χ3v) is 6.27. The predicted molar refractivity (Wildman–Crippen MR) is 100 cm³/mol. The Morgan fingerprint density at radius 2 is 1.85 bits per heavy atom. The van der Waals surface area contributed by atoms with Crippen molar-refractivity contribution in [3.63, 3.8) is 0 Å². The molecular formula is C21H27N3O2. The van der Waals surface area contributed by atoms with Gasteiger partial charge >= 0.3 is 0 Å². The number of hydrogen-bond donors (Lipinski definition) is 1. The van der Waals surface area contributed by atoms with Gasteiger partial charge < -0.3 is 14.7 Å². The number of rotatable bonds is 6. The number of piperidine rings is 3. The molecule has 1 aliphatic carbocycles. The molecule has 2 aromatic rings. The Balaban J connectivity index is 1.38. The van der Waals surface area contributed by atoms with Gasteiger partial charge in [-0.1, -0.05) is 12.1 Å². The van der Waals surface area contributed by atoms with Crippen LogP contribution in [-0.2, 0) is 6.54 Å². The van der Waals surface area contributed by atoms with Crippen LogP contribution < -0.4 is 4.74 Å². The summed E-state index contributed by atoms with van der Waals surface area (Å²) in [6, 6.07) is 7.33. The summed E-state index contributed by atoms with van der Waals surface area (Å²) >= 11 is 0. The fourth-order valence-electron chi connectivity index (χ4n) is 4.46. The molecule has 1 unspecified atom stereocenters. The van der Waals surface area contributed by atoms with Gasteiger partial charge in [-0.3, -0.25) is 4.68 Å². The zero-order valence-corrected chi connectivity index (χ0v) is 15.2. The minimum absolute atomic E-state index is 0.286. The average molecular weight is 353 g/mol. The van der Waals surface area contributed by atoms with Crippen LogP contribution in [0.5, 0.6) is 11.6 Å². The second kappa shape index (κ2) is 6.62. The van der Waals surface area contributed by atoms with Crippen molar-refractivity contribution in [3.8, 4) is 22.8 Å². The molecule has 138 valence electrons. The van der Waals surface area contributed by atoms with Crippen LogP contribution in [0.1, 0.15) is 25.7 Å². The number of aromatic hydroxyl groups is 1. The van der Waals surface area contributed by atoms with E-state index in [4.69, 9.17) is 9.84 Å². The molecule has 2 bridgehead atoms. The van der Waals surface area contributed by atoms with Crippen molar-refractivity contribution in [1.82, 2.24) is 14.7 Å². The molecule has 1 saturated carbocycles. The van der Waals surface area contributed by atoms with Crippen LogP contribution in [0.2, 0.25) is 0 Å². The van der Waals surface area contributed by atoms with E-state index in [1.54, 1.807) is 12.1 Å². The highest BCUT2D eigenvalue weighted by atomic mass is 16.5. The maximum absolute atomic E-state index is 9.58. The fraction of sp³-hybridized carbons (Fsp3) is 0.571. The largest absolute Gasteiger partial charge is 0.508 e. The molecule has 1 N–H and O–H groups in total. The van der Waals surface area contributed by atoms with Crippen LogP contribution in [0.4, 0.5) is 0 Å². The van der Waals surface area contributed by atoms with Gasteiger partial charge in [-0.2, -0.15) is 0 Å². The first kappa shape index (κ1) is 16.2. The molecule has 0 radical (unpaired) electrons. The molecule has 4 heterocycles. The third kappa shape index (κ3) is 3.32. The van der Waals surface area contributed by atoms with Crippen LogP contribution in [0.3, 0.4) is 0 Å². The Hall–Kier alpha value is -2.01. The predicted octanol–water partition coefficient (Wildman–Crippen LogP) is 3.39. The molecular weight excluding hydrogens is 326 g/mol. The molecule has 3 aliphatic heterocycles. The van der Waals surface area contributed by atoms with Gasteiger partial charge in [-0.05, 0) is 74.2 Å². The van der Waals surface area contributed by atoms with Gasteiger partial charge in [0, 0.05) is 19.3 Å². The maximum atomic E-state index is 9.58. The van der Waals surface area contributed by atoms with E-state index in [9.17, 15) is 5.11 Å². The first-order valence-electron chi connectivity index (χ1n) is 9.96. The summed E-state index contributed by atoms with van der Waals surface area (Å²) in [6.07, 6.45) is 7.35. The highest BCUT2D eigenvalue weighted by molar-refractivity contribution is 5.68. The molecule has 1 aromatic carbocycles. The summed E-state index contributed by atoms with van der Waals surface area (Å²) in [4.78, 5) is 2.60. The molecule has 0 amide bonds. The number of phenolic OH excluding ortho intramolecular Hbond substituents is 1. The van der Waals surface area contributed by atoms with Crippen molar-refractivity contribution in [2.24, 2.45) is 17.8 Å². The van der Waals surface area contributed by atoms with E-state index < -0.39 is 0 Å². The quantitative estimate of drug-likeness (QED) is 0.865. The van der Waals surface area contributed by atoms with Gasteiger partial charge in [0.05, 0.1) is 12.2 Å². The van der Waals surface area contributed by atoms with E-state index >= 15 is 0 Å².